The van der Waals surface area contributed by atoms with Crippen LogP contribution in [0.25, 0.3) is 167 Å². The van der Waals surface area contributed by atoms with Crippen molar-refractivity contribution in [3.05, 3.63) is 472 Å². The van der Waals surface area contributed by atoms with E-state index in [0.29, 0.717) is 0 Å². The summed E-state index contributed by atoms with van der Waals surface area (Å²) in [5.41, 5.74) is 36.6. The van der Waals surface area contributed by atoms with Crippen molar-refractivity contribution in [3.63, 3.8) is 0 Å². The van der Waals surface area contributed by atoms with Crippen molar-refractivity contribution in [1.82, 2.24) is 29.9 Å². The zero-order chi connectivity index (χ0) is 80.2. The van der Waals surface area contributed by atoms with E-state index >= 15 is 0 Å². The summed E-state index contributed by atoms with van der Waals surface area (Å²) in [6.45, 7) is 0. The van der Waals surface area contributed by atoms with E-state index in [-0.39, 0.29) is 0 Å². The van der Waals surface area contributed by atoms with Gasteiger partial charge in [-0.2, -0.15) is 0 Å². The third-order valence-electron chi connectivity index (χ3n) is 21.7. The van der Waals surface area contributed by atoms with E-state index < -0.39 is 0 Å². The molecule has 3 aromatic heterocycles. The van der Waals surface area contributed by atoms with Crippen LogP contribution in [0.5, 0.6) is 0 Å². The average molecular weight is 1530 g/mol. The zero-order valence-electron chi connectivity index (χ0n) is 65.3. The Morgan fingerprint density at radius 3 is 0.483 bits per heavy atom. The maximum Gasteiger partial charge on any atom is 0.115 e. The minimum absolute atomic E-state index is 0.742. The molecule has 0 amide bonds. The molecule has 0 bridgehead atoms. The summed E-state index contributed by atoms with van der Waals surface area (Å²) in [7, 11) is 0. The zero-order valence-corrected chi connectivity index (χ0v) is 65.3. The second kappa shape index (κ2) is 34.2. The lowest BCUT2D eigenvalue weighted by atomic mass is 9.76. The van der Waals surface area contributed by atoms with Crippen LogP contribution in [0.15, 0.2) is 438 Å². The van der Waals surface area contributed by atoms with E-state index in [4.69, 9.17) is 0 Å². The molecule has 0 atom stereocenters. The second-order valence-electron chi connectivity index (χ2n) is 29.2. The van der Waals surface area contributed by atoms with Crippen molar-refractivity contribution in [3.8, 4) is 202 Å². The molecule has 0 fully saturated rings. The van der Waals surface area contributed by atoms with Gasteiger partial charge in [0.25, 0.3) is 0 Å². The van der Waals surface area contributed by atoms with Crippen LogP contribution >= 0.6 is 0 Å². The minimum Gasteiger partial charge on any atom is -0.244 e. The number of hydrogen-bond donors (Lipinski definition) is 0. The highest BCUT2D eigenvalue weighted by Crippen LogP contribution is 2.57. The Labute approximate surface area is 699 Å². The molecule has 120 heavy (non-hydrogen) atoms. The SMILES string of the molecule is C(#Cc1cncnc1)c1ccc(-c2c(-c3ccccc3)cc(-c3cc(-c4cc(-c5ccccc5)c(-c5ccc(C#Cc6cncnc6)cc5)c(-c5ccccc5)c4-c4ccccc4)cc(-c4cc(-c5ccccc5)c(-c5ccc(C#Cc6cncnc6)cc5)c(-c5ccccc5)c4-c4ccccc4)c3)c(-c3ccccc3)c2-c2ccccc2)cc1. The van der Waals surface area contributed by atoms with Gasteiger partial charge in [0.1, 0.15) is 19.0 Å². The highest BCUT2D eigenvalue weighted by Gasteiger charge is 2.30. The Morgan fingerprint density at radius 1 is 0.125 bits per heavy atom. The Kier molecular flexibility index (Phi) is 21.0. The monoisotopic (exact) mass is 1520 g/mol. The average Bonchev–Trinajstić information content (AvgIpc) is 0.725. The maximum absolute atomic E-state index is 4.25. The van der Waals surface area contributed by atoms with Crippen molar-refractivity contribution < 1.29 is 0 Å². The summed E-state index contributed by atoms with van der Waals surface area (Å²) in [5, 5.41) is 0. The van der Waals surface area contributed by atoms with Crippen LogP contribution in [0.3, 0.4) is 0 Å². The third kappa shape index (κ3) is 15.6. The van der Waals surface area contributed by atoms with Crippen molar-refractivity contribution in [2.45, 2.75) is 0 Å². The summed E-state index contributed by atoms with van der Waals surface area (Å²) < 4.78 is 0. The van der Waals surface area contributed by atoms with E-state index in [2.05, 4.69) is 448 Å². The highest BCUT2D eigenvalue weighted by atomic mass is 14.8. The van der Waals surface area contributed by atoms with E-state index in [9.17, 15) is 0 Å². The van der Waals surface area contributed by atoms with Gasteiger partial charge in [0.05, 0.1) is 16.7 Å². The Hall–Kier alpha value is -16.6. The molecule has 0 aliphatic carbocycles. The molecule has 19 rings (SSSR count). The summed E-state index contributed by atoms with van der Waals surface area (Å²) in [4.78, 5) is 25.5. The van der Waals surface area contributed by atoms with Gasteiger partial charge in [-0.1, -0.05) is 345 Å². The highest BCUT2D eigenvalue weighted by molar-refractivity contribution is 6.13. The first-order chi connectivity index (χ1) is 59.5. The van der Waals surface area contributed by atoms with Crippen molar-refractivity contribution in [2.24, 2.45) is 0 Å². The molecule has 6 nitrogen and oxygen atoms in total. The van der Waals surface area contributed by atoms with Crippen LogP contribution < -0.4 is 0 Å². The maximum atomic E-state index is 4.25. The number of nitrogens with zero attached hydrogens (tertiary/aromatic N) is 6. The van der Waals surface area contributed by atoms with Gasteiger partial charge < -0.3 is 0 Å². The molecule has 0 spiro atoms. The number of aromatic nitrogens is 6. The quantitative estimate of drug-likeness (QED) is 0.0952. The number of hydrogen-bond acceptors (Lipinski definition) is 6. The normalized spacial score (nSPS) is 10.8. The molecule has 558 valence electrons. The molecule has 19 aromatic rings. The molecule has 0 saturated heterocycles. The van der Waals surface area contributed by atoms with Crippen molar-refractivity contribution >= 4 is 0 Å². The van der Waals surface area contributed by atoms with Gasteiger partial charge in [-0.15, -0.1) is 0 Å². The first-order valence-electron chi connectivity index (χ1n) is 40.0. The molecule has 16 aromatic carbocycles. The lowest BCUT2D eigenvalue weighted by Crippen LogP contribution is -2.01. The summed E-state index contributed by atoms with van der Waals surface area (Å²) in [5.74, 6) is 20.2. The molecular weight excluding hydrogens is 1450 g/mol. The standard InChI is InChI=1S/C114H72N6/c1-10-28-85(29-11-1)100-67-103(106(88-34-16-4-17-35-88)112(91-40-22-7-23-41-91)109(100)94-58-52-79(53-59-94)46-49-82-70-115-76-116-71-82)97-64-98(104-68-101(86-30-12-2-13-31-86)110(95-60-54-80(55-61-95)47-50-83-72-117-77-118-73-83)113(92-42-24-8-25-43-92)107(104)89-36-18-5-19-37-89)66-99(65-97)105-69-102(87-32-14-3-15-33-87)111(96-62-56-81(57-63-96)48-51-84-74-119-78-120-75-84)114(93-44-26-9-27-45-93)108(105)90-38-20-6-21-39-90/h1-45,52-78H. The molecule has 0 aliphatic heterocycles. The molecule has 6 heteroatoms. The van der Waals surface area contributed by atoms with Crippen LogP contribution in [0.2, 0.25) is 0 Å². The van der Waals surface area contributed by atoms with Gasteiger partial charge in [0, 0.05) is 53.9 Å². The Bertz CT molecular complexity index is 6380. The molecular formula is C114H72N6. The lowest BCUT2D eigenvalue weighted by Gasteiger charge is -2.27. The smallest absolute Gasteiger partial charge is 0.115 e. The minimum atomic E-state index is 0.742. The van der Waals surface area contributed by atoms with Crippen LogP contribution in [-0.2, 0) is 0 Å². The van der Waals surface area contributed by atoms with Gasteiger partial charge in [-0.25, -0.2) is 29.9 Å². The van der Waals surface area contributed by atoms with E-state index in [1.807, 2.05) is 0 Å². The molecule has 0 aliphatic rings. The fourth-order valence-electron chi connectivity index (χ4n) is 16.3. The molecule has 3 heterocycles. The first-order valence-corrected chi connectivity index (χ1v) is 40.0. The predicted octanol–water partition coefficient (Wildman–Crippen LogP) is 27.3. The van der Waals surface area contributed by atoms with E-state index in [1.165, 1.54) is 19.0 Å². The molecule has 0 saturated carbocycles. The number of benzene rings is 16. The van der Waals surface area contributed by atoms with Gasteiger partial charge >= 0.3 is 0 Å². The molecule has 0 unspecified atom stereocenters. The van der Waals surface area contributed by atoms with Crippen LogP contribution in [-0.4, -0.2) is 29.9 Å². The van der Waals surface area contributed by atoms with Crippen LogP contribution in [0.1, 0.15) is 33.4 Å². The van der Waals surface area contributed by atoms with Gasteiger partial charge in [-0.05, 0) is 240 Å². The van der Waals surface area contributed by atoms with Gasteiger partial charge in [0.15, 0.2) is 0 Å². The fourth-order valence-corrected chi connectivity index (χ4v) is 16.3. The largest absolute Gasteiger partial charge is 0.244 e. The topological polar surface area (TPSA) is 77.3 Å². The van der Waals surface area contributed by atoms with Crippen molar-refractivity contribution in [2.75, 3.05) is 0 Å². The van der Waals surface area contributed by atoms with Crippen LogP contribution in [0.4, 0.5) is 0 Å². The predicted molar refractivity (Wildman–Crippen MR) is 492 cm³/mol. The van der Waals surface area contributed by atoms with E-state index in [1.54, 1.807) is 37.2 Å². The molecule has 0 N–H and O–H groups in total. The summed E-state index contributed by atoms with van der Waals surface area (Å²) >= 11 is 0. The fraction of sp³-hybridized carbons (Fsp3) is 0. The summed E-state index contributed by atoms with van der Waals surface area (Å²) in [6.07, 6.45) is 15.0. The molecule has 0 radical (unpaired) electrons. The van der Waals surface area contributed by atoms with Crippen LogP contribution in [0, 0.1) is 35.5 Å². The Balaban J connectivity index is 0.976. The second-order valence-corrected chi connectivity index (χ2v) is 29.2. The number of rotatable bonds is 15. The van der Waals surface area contributed by atoms with Gasteiger partial charge in [0.2, 0.25) is 0 Å². The Morgan fingerprint density at radius 2 is 0.283 bits per heavy atom. The van der Waals surface area contributed by atoms with Gasteiger partial charge in [-0.3, -0.25) is 0 Å². The third-order valence-corrected chi connectivity index (χ3v) is 21.7. The lowest BCUT2D eigenvalue weighted by molar-refractivity contribution is 1.16. The summed E-state index contributed by atoms with van der Waals surface area (Å²) in [6, 6.07) is 140. The first kappa shape index (κ1) is 73.6. The van der Waals surface area contributed by atoms with Crippen molar-refractivity contribution in [1.29, 1.82) is 0 Å². The van der Waals surface area contributed by atoms with E-state index in [0.717, 1.165) is 200 Å².